The summed E-state index contributed by atoms with van der Waals surface area (Å²) in [4.78, 5) is 25.9. The number of amides is 1. The minimum absolute atomic E-state index is 0.0370. The minimum atomic E-state index is -0.523. The van der Waals surface area contributed by atoms with Crippen molar-refractivity contribution in [3.63, 3.8) is 0 Å². The van der Waals surface area contributed by atoms with E-state index >= 15 is 0 Å². The zero-order valence-corrected chi connectivity index (χ0v) is 16.8. The van der Waals surface area contributed by atoms with E-state index in [9.17, 15) is 14.9 Å². The molecule has 0 spiro atoms. The third kappa shape index (κ3) is 3.97. The van der Waals surface area contributed by atoms with E-state index in [-0.39, 0.29) is 17.3 Å². The zero-order valence-electron chi connectivity index (χ0n) is 16.8. The fraction of sp³-hybridized carbons (Fsp3) is 0.261. The molecule has 1 aliphatic heterocycles. The van der Waals surface area contributed by atoms with Gasteiger partial charge in [-0.15, -0.1) is 0 Å². The van der Waals surface area contributed by atoms with Gasteiger partial charge in [0.2, 0.25) is 0 Å². The number of nitrogens with zero attached hydrogens (tertiary/aromatic N) is 3. The maximum absolute atomic E-state index is 12.8. The van der Waals surface area contributed by atoms with Crippen molar-refractivity contribution >= 4 is 11.6 Å². The molecule has 3 aromatic rings. The number of carbonyl (C=O) groups excluding carboxylic acids is 1. The predicted molar refractivity (Wildman–Crippen MR) is 114 cm³/mol. The highest BCUT2D eigenvalue weighted by Gasteiger charge is 2.27. The monoisotopic (exact) mass is 404 g/mol. The van der Waals surface area contributed by atoms with Gasteiger partial charge in [0.25, 0.3) is 11.6 Å². The van der Waals surface area contributed by atoms with Gasteiger partial charge >= 0.3 is 0 Å². The van der Waals surface area contributed by atoms with Crippen LogP contribution < -0.4 is 5.32 Å². The van der Waals surface area contributed by atoms with E-state index in [2.05, 4.69) is 45.1 Å². The second kappa shape index (κ2) is 8.51. The molecule has 2 heterocycles. The maximum atomic E-state index is 12.8. The van der Waals surface area contributed by atoms with Gasteiger partial charge in [-0.3, -0.25) is 19.8 Å². The highest BCUT2D eigenvalue weighted by atomic mass is 16.6. The first-order valence-corrected chi connectivity index (χ1v) is 9.98. The van der Waals surface area contributed by atoms with E-state index in [0.29, 0.717) is 6.54 Å². The van der Waals surface area contributed by atoms with Crippen molar-refractivity contribution in [1.82, 2.24) is 14.8 Å². The summed E-state index contributed by atoms with van der Waals surface area (Å²) < 4.78 is 2.06. The first-order valence-electron chi connectivity index (χ1n) is 9.98. The second-order valence-corrected chi connectivity index (χ2v) is 7.53. The van der Waals surface area contributed by atoms with Gasteiger partial charge in [0.05, 0.1) is 11.0 Å². The van der Waals surface area contributed by atoms with Crippen LogP contribution in [0, 0.1) is 10.1 Å². The minimum Gasteiger partial charge on any atom is -0.353 e. The Morgan fingerprint density at radius 2 is 1.83 bits per heavy atom. The molecular formula is C23H24N4O3. The Hall–Kier alpha value is -3.45. The molecule has 1 N–H and O–H groups in total. The normalized spacial score (nSPS) is 14.7. The number of rotatable bonds is 6. The standard InChI is InChI=1S/C23H24N4O3/c1-25-13-6-11-21(25)22(26-14-12-17-7-2-3-8-18(17)16-26)15-24-23(28)19-9-4-5-10-20(19)27(29)30/h2-11,13,22H,12,14-16H2,1H3,(H,24,28). The molecule has 0 saturated carbocycles. The highest BCUT2D eigenvalue weighted by Crippen LogP contribution is 2.28. The molecule has 1 unspecified atom stereocenters. The lowest BCUT2D eigenvalue weighted by Crippen LogP contribution is -2.41. The lowest BCUT2D eigenvalue weighted by molar-refractivity contribution is -0.385. The van der Waals surface area contributed by atoms with Gasteiger partial charge < -0.3 is 9.88 Å². The molecule has 1 atom stereocenters. The van der Waals surface area contributed by atoms with Crippen molar-refractivity contribution in [2.24, 2.45) is 7.05 Å². The quantitative estimate of drug-likeness (QED) is 0.504. The lowest BCUT2D eigenvalue weighted by Gasteiger charge is -2.36. The Labute approximate surface area is 175 Å². The van der Waals surface area contributed by atoms with Crippen molar-refractivity contribution in [2.75, 3.05) is 13.1 Å². The largest absolute Gasteiger partial charge is 0.353 e. The summed E-state index contributed by atoms with van der Waals surface area (Å²) in [6.07, 6.45) is 2.94. The average molecular weight is 404 g/mol. The number of hydrogen-bond donors (Lipinski definition) is 1. The summed E-state index contributed by atoms with van der Waals surface area (Å²) in [5.74, 6) is -0.432. The van der Waals surface area contributed by atoms with E-state index in [1.807, 2.05) is 19.3 Å². The molecule has 1 amide bonds. The Bertz CT molecular complexity index is 1080. The van der Waals surface area contributed by atoms with E-state index in [4.69, 9.17) is 0 Å². The SMILES string of the molecule is Cn1cccc1C(CNC(=O)c1ccccc1[N+](=O)[O-])N1CCc2ccccc2C1. The number of carbonyl (C=O) groups is 1. The molecule has 1 aliphatic rings. The van der Waals surface area contributed by atoms with Crippen LogP contribution in [0.15, 0.2) is 66.9 Å². The lowest BCUT2D eigenvalue weighted by atomic mass is 9.97. The van der Waals surface area contributed by atoms with Crippen LogP contribution in [0.1, 0.15) is 33.2 Å². The number of aryl methyl sites for hydroxylation is 1. The number of aromatic nitrogens is 1. The fourth-order valence-electron chi connectivity index (χ4n) is 4.13. The predicted octanol–water partition coefficient (Wildman–Crippen LogP) is 3.46. The topological polar surface area (TPSA) is 80.4 Å². The van der Waals surface area contributed by atoms with Crippen LogP contribution in [0.25, 0.3) is 0 Å². The molecular weight excluding hydrogens is 380 g/mol. The fourth-order valence-corrected chi connectivity index (χ4v) is 4.13. The van der Waals surface area contributed by atoms with Crippen LogP contribution in [0.2, 0.25) is 0 Å². The zero-order chi connectivity index (χ0) is 21.1. The van der Waals surface area contributed by atoms with Crippen LogP contribution in [0.3, 0.4) is 0 Å². The molecule has 0 saturated heterocycles. The van der Waals surface area contributed by atoms with Crippen LogP contribution in [0.5, 0.6) is 0 Å². The molecule has 0 fully saturated rings. The molecule has 30 heavy (non-hydrogen) atoms. The third-order valence-corrected chi connectivity index (χ3v) is 5.73. The van der Waals surface area contributed by atoms with Crippen LogP contribution in [-0.4, -0.2) is 33.4 Å². The number of para-hydroxylation sites is 1. The molecule has 7 heteroatoms. The van der Waals surface area contributed by atoms with Crippen LogP contribution in [0.4, 0.5) is 5.69 Å². The van der Waals surface area contributed by atoms with Gasteiger partial charge in [0, 0.05) is 44.6 Å². The molecule has 154 valence electrons. The Kier molecular flexibility index (Phi) is 5.63. The highest BCUT2D eigenvalue weighted by molar-refractivity contribution is 5.98. The first kappa shape index (κ1) is 19.8. The van der Waals surface area contributed by atoms with Gasteiger partial charge in [0.1, 0.15) is 5.56 Å². The molecule has 2 aromatic carbocycles. The summed E-state index contributed by atoms with van der Waals surface area (Å²) in [6, 6.07) is 18.5. The maximum Gasteiger partial charge on any atom is 0.282 e. The number of nitro groups is 1. The summed E-state index contributed by atoms with van der Waals surface area (Å²) in [6.45, 7) is 2.05. The Balaban J connectivity index is 1.56. The molecule has 0 bridgehead atoms. The number of benzene rings is 2. The van der Waals surface area contributed by atoms with Crippen molar-refractivity contribution in [3.05, 3.63) is 99.4 Å². The van der Waals surface area contributed by atoms with E-state index < -0.39 is 10.8 Å². The molecule has 0 radical (unpaired) electrons. The van der Waals surface area contributed by atoms with Crippen molar-refractivity contribution in [3.8, 4) is 0 Å². The Morgan fingerprint density at radius 1 is 1.10 bits per heavy atom. The third-order valence-electron chi connectivity index (χ3n) is 5.73. The van der Waals surface area contributed by atoms with Crippen molar-refractivity contribution < 1.29 is 9.72 Å². The van der Waals surface area contributed by atoms with Crippen LogP contribution >= 0.6 is 0 Å². The number of fused-ring (bicyclic) bond motifs is 1. The van der Waals surface area contributed by atoms with Gasteiger partial charge in [-0.1, -0.05) is 36.4 Å². The van der Waals surface area contributed by atoms with Gasteiger partial charge in [-0.05, 0) is 35.7 Å². The molecule has 7 nitrogen and oxygen atoms in total. The average Bonchev–Trinajstić information content (AvgIpc) is 3.19. The van der Waals surface area contributed by atoms with Crippen LogP contribution in [-0.2, 0) is 20.0 Å². The number of nitrogens with one attached hydrogen (secondary N) is 1. The van der Waals surface area contributed by atoms with E-state index in [1.54, 1.807) is 12.1 Å². The van der Waals surface area contributed by atoms with Gasteiger partial charge in [-0.2, -0.15) is 0 Å². The van der Waals surface area contributed by atoms with Crippen molar-refractivity contribution in [2.45, 2.75) is 19.0 Å². The smallest absolute Gasteiger partial charge is 0.282 e. The van der Waals surface area contributed by atoms with Gasteiger partial charge in [-0.25, -0.2) is 0 Å². The Morgan fingerprint density at radius 3 is 2.57 bits per heavy atom. The summed E-state index contributed by atoms with van der Waals surface area (Å²) in [5.41, 5.74) is 3.66. The van der Waals surface area contributed by atoms with Crippen molar-refractivity contribution in [1.29, 1.82) is 0 Å². The summed E-state index contributed by atoms with van der Waals surface area (Å²) in [7, 11) is 1.99. The molecule has 0 aliphatic carbocycles. The molecule has 1 aromatic heterocycles. The first-order chi connectivity index (χ1) is 14.5. The number of hydrogen-bond acceptors (Lipinski definition) is 4. The second-order valence-electron chi connectivity index (χ2n) is 7.53. The summed E-state index contributed by atoms with van der Waals surface area (Å²) in [5, 5.41) is 14.2. The number of nitro benzene ring substituents is 1. The van der Waals surface area contributed by atoms with E-state index in [0.717, 1.165) is 25.2 Å². The molecule has 4 rings (SSSR count). The van der Waals surface area contributed by atoms with E-state index in [1.165, 1.54) is 23.3 Å². The van der Waals surface area contributed by atoms with Gasteiger partial charge in [0.15, 0.2) is 0 Å². The summed E-state index contributed by atoms with van der Waals surface area (Å²) >= 11 is 0.